The Balaban J connectivity index is 2.27. The fourth-order valence-electron chi connectivity index (χ4n) is 4.06. The van der Waals surface area contributed by atoms with Gasteiger partial charge >= 0.3 is 12.2 Å². The molecule has 0 aromatic heterocycles. The van der Waals surface area contributed by atoms with Crippen LogP contribution in [0.4, 0.5) is 9.59 Å². The Morgan fingerprint density at radius 1 is 0.938 bits per heavy atom. The predicted octanol–water partition coefficient (Wildman–Crippen LogP) is 4.05. The van der Waals surface area contributed by atoms with Crippen LogP contribution >= 0.6 is 0 Å². The molecule has 0 aromatic carbocycles. The quantitative estimate of drug-likeness (QED) is 0.271. The molecule has 9 nitrogen and oxygen atoms in total. The maximum atomic E-state index is 12.1. The van der Waals surface area contributed by atoms with E-state index < -0.39 is 23.4 Å². The second-order valence-corrected chi connectivity index (χ2v) is 11.6. The summed E-state index contributed by atoms with van der Waals surface area (Å²) in [5.74, 6) is 0. The van der Waals surface area contributed by atoms with Crippen molar-refractivity contribution < 1.29 is 28.8 Å². The Kier molecular flexibility index (Phi) is 9.81. The van der Waals surface area contributed by atoms with E-state index in [4.69, 9.17) is 19.2 Å². The first-order valence-electron chi connectivity index (χ1n) is 11.4. The Morgan fingerprint density at radius 3 is 1.94 bits per heavy atom. The number of amides is 2. The van der Waals surface area contributed by atoms with E-state index in [2.05, 4.69) is 43.6 Å². The fraction of sp³-hybridized carbons (Fsp3) is 0.913. The third kappa shape index (κ3) is 12.5. The van der Waals surface area contributed by atoms with Crippen LogP contribution in [0.1, 0.15) is 88.5 Å². The van der Waals surface area contributed by atoms with Crippen LogP contribution in [0.25, 0.3) is 0 Å². The first-order valence-corrected chi connectivity index (χ1v) is 11.4. The minimum Gasteiger partial charge on any atom is -0.446 e. The maximum absolute atomic E-state index is 12.1. The summed E-state index contributed by atoms with van der Waals surface area (Å²) in [5.41, 5.74) is -1.25. The van der Waals surface area contributed by atoms with Gasteiger partial charge in [-0.05, 0) is 69.2 Å². The van der Waals surface area contributed by atoms with Crippen molar-refractivity contribution in [2.45, 2.75) is 123 Å². The second kappa shape index (κ2) is 11.0. The van der Waals surface area contributed by atoms with Gasteiger partial charge in [-0.25, -0.2) is 19.4 Å². The molecule has 32 heavy (non-hydrogen) atoms. The zero-order chi connectivity index (χ0) is 24.8. The lowest BCUT2D eigenvalue weighted by Crippen LogP contribution is -2.60. The van der Waals surface area contributed by atoms with E-state index in [-0.39, 0.29) is 36.4 Å². The highest BCUT2D eigenvalue weighted by Gasteiger charge is 2.39. The molecule has 1 aliphatic heterocycles. The summed E-state index contributed by atoms with van der Waals surface area (Å²) >= 11 is 0. The normalized spacial score (nSPS) is 19.7. The van der Waals surface area contributed by atoms with E-state index in [0.29, 0.717) is 6.42 Å². The van der Waals surface area contributed by atoms with Crippen LogP contribution in [0.15, 0.2) is 0 Å². The van der Waals surface area contributed by atoms with Crippen LogP contribution < -0.4 is 16.0 Å². The van der Waals surface area contributed by atoms with Crippen molar-refractivity contribution in [2.24, 2.45) is 0 Å². The number of hydrogen-bond donors (Lipinski definition) is 3. The maximum Gasteiger partial charge on any atom is 0.407 e. The van der Waals surface area contributed by atoms with Crippen LogP contribution in [-0.4, -0.2) is 59.8 Å². The molecule has 1 aliphatic rings. The van der Waals surface area contributed by atoms with E-state index in [1.165, 1.54) is 0 Å². The largest absolute Gasteiger partial charge is 0.446 e. The van der Waals surface area contributed by atoms with Crippen LogP contribution in [0.5, 0.6) is 0 Å². The van der Waals surface area contributed by atoms with Crippen LogP contribution in [0.2, 0.25) is 0 Å². The highest BCUT2D eigenvalue weighted by atomic mass is 17.2. The smallest absolute Gasteiger partial charge is 0.407 e. The molecule has 0 radical (unpaired) electrons. The Hall–Kier alpha value is -1.58. The average molecular weight is 460 g/mol. The number of alkyl carbamates (subject to hydrolysis) is 2. The molecule has 0 saturated carbocycles. The van der Waals surface area contributed by atoms with E-state index in [1.807, 2.05) is 34.6 Å². The number of nitrogens with one attached hydrogen (secondary N) is 3. The molecule has 2 amide bonds. The first kappa shape index (κ1) is 28.5. The molecule has 3 N–H and O–H groups in total. The average Bonchev–Trinajstić information content (AvgIpc) is 2.53. The number of carbonyl (C=O) groups excluding carboxylic acids is 2. The highest BCUT2D eigenvalue weighted by molar-refractivity contribution is 5.68. The third-order valence-electron chi connectivity index (χ3n) is 4.69. The lowest BCUT2D eigenvalue weighted by molar-refractivity contribution is -0.399. The molecule has 0 aliphatic carbocycles. The summed E-state index contributed by atoms with van der Waals surface area (Å²) in [4.78, 5) is 35.0. The van der Waals surface area contributed by atoms with Gasteiger partial charge in [-0.1, -0.05) is 0 Å². The highest BCUT2D eigenvalue weighted by Crippen LogP contribution is 2.30. The minimum atomic E-state index is -0.615. The van der Waals surface area contributed by atoms with Gasteiger partial charge in [-0.2, -0.15) is 0 Å². The van der Waals surface area contributed by atoms with Gasteiger partial charge in [0.25, 0.3) is 0 Å². The number of hydrogen-bond acceptors (Lipinski definition) is 7. The van der Waals surface area contributed by atoms with Crippen molar-refractivity contribution in [3.8, 4) is 0 Å². The van der Waals surface area contributed by atoms with Gasteiger partial charge in [0.15, 0.2) is 0 Å². The Labute approximate surface area is 193 Å². The molecule has 1 unspecified atom stereocenters. The van der Waals surface area contributed by atoms with E-state index in [9.17, 15) is 9.59 Å². The fourth-order valence-corrected chi connectivity index (χ4v) is 4.06. The number of piperidine rings is 1. The van der Waals surface area contributed by atoms with Crippen LogP contribution in [-0.2, 0) is 19.2 Å². The van der Waals surface area contributed by atoms with Gasteiger partial charge in [-0.3, -0.25) is 0 Å². The molecule has 188 valence electrons. The molecule has 1 saturated heterocycles. The molecule has 1 atom stereocenters. The second-order valence-electron chi connectivity index (χ2n) is 11.6. The SMILES string of the molecule is CC(CC(C)(C)OOC(C)(C)C)OC(=O)NCCNC(=O)OC1CC(C)(C)NC(C)(C)C1. The summed E-state index contributed by atoms with van der Waals surface area (Å²) in [7, 11) is 0. The standard InChI is InChI=1S/C23H45N3O6/c1-16(13-23(9,10)32-31-20(2,3)4)29-18(27)24-11-12-25-19(28)30-17-14-21(5,6)26-22(7,8)15-17/h16-17,26H,11-15H2,1-10H3,(H,24,27)(H,25,28). The zero-order valence-corrected chi connectivity index (χ0v) is 21.6. The Morgan fingerprint density at radius 2 is 1.44 bits per heavy atom. The van der Waals surface area contributed by atoms with Gasteiger partial charge < -0.3 is 25.4 Å². The molecule has 0 spiro atoms. The van der Waals surface area contributed by atoms with Gasteiger partial charge in [-0.15, -0.1) is 0 Å². The van der Waals surface area contributed by atoms with Crippen LogP contribution in [0, 0.1) is 0 Å². The topological polar surface area (TPSA) is 107 Å². The molecule has 0 bridgehead atoms. The molecule has 1 fully saturated rings. The summed E-state index contributed by atoms with van der Waals surface area (Å²) in [6.45, 7) is 20.1. The van der Waals surface area contributed by atoms with Crippen molar-refractivity contribution >= 4 is 12.2 Å². The van der Waals surface area contributed by atoms with E-state index in [0.717, 1.165) is 12.8 Å². The third-order valence-corrected chi connectivity index (χ3v) is 4.69. The van der Waals surface area contributed by atoms with Gasteiger partial charge in [0.2, 0.25) is 0 Å². The van der Waals surface area contributed by atoms with Gasteiger partial charge in [0.1, 0.15) is 17.8 Å². The number of rotatable bonds is 9. The summed E-state index contributed by atoms with van der Waals surface area (Å²) in [6.07, 6.45) is 0.377. The van der Waals surface area contributed by atoms with E-state index >= 15 is 0 Å². The molecule has 9 heteroatoms. The Bertz CT molecular complexity index is 612. The first-order chi connectivity index (χ1) is 14.4. The number of ether oxygens (including phenoxy) is 2. The summed E-state index contributed by atoms with van der Waals surface area (Å²) in [6, 6.07) is 0. The van der Waals surface area contributed by atoms with E-state index in [1.54, 1.807) is 6.92 Å². The van der Waals surface area contributed by atoms with Crippen molar-refractivity contribution in [3.63, 3.8) is 0 Å². The molecular weight excluding hydrogens is 414 g/mol. The number of carbonyl (C=O) groups is 2. The van der Waals surface area contributed by atoms with Crippen molar-refractivity contribution in [2.75, 3.05) is 13.1 Å². The minimum absolute atomic E-state index is 0.104. The lowest BCUT2D eigenvalue weighted by atomic mass is 9.81. The zero-order valence-electron chi connectivity index (χ0n) is 21.6. The summed E-state index contributed by atoms with van der Waals surface area (Å²) in [5, 5.41) is 8.86. The monoisotopic (exact) mass is 459 g/mol. The van der Waals surface area contributed by atoms with Gasteiger partial charge in [0.05, 0.1) is 5.60 Å². The van der Waals surface area contributed by atoms with Crippen LogP contribution in [0.3, 0.4) is 0 Å². The lowest BCUT2D eigenvalue weighted by Gasteiger charge is -2.45. The van der Waals surface area contributed by atoms with Gasteiger partial charge in [0, 0.05) is 43.4 Å². The van der Waals surface area contributed by atoms with Crippen molar-refractivity contribution in [1.82, 2.24) is 16.0 Å². The predicted molar refractivity (Wildman–Crippen MR) is 123 cm³/mol. The molecule has 0 aromatic rings. The summed E-state index contributed by atoms with van der Waals surface area (Å²) < 4.78 is 10.9. The van der Waals surface area contributed by atoms with Crippen molar-refractivity contribution in [1.29, 1.82) is 0 Å². The van der Waals surface area contributed by atoms with Crippen molar-refractivity contribution in [3.05, 3.63) is 0 Å². The molecular formula is C23H45N3O6. The molecule has 1 heterocycles. The molecule has 1 rings (SSSR count).